The number of allylic oxidation sites excluding steroid dienone is 2. The van der Waals surface area contributed by atoms with E-state index in [4.69, 9.17) is 0 Å². The van der Waals surface area contributed by atoms with Crippen molar-refractivity contribution < 1.29 is 15.0 Å². The Labute approximate surface area is 118 Å². The summed E-state index contributed by atoms with van der Waals surface area (Å²) in [5.41, 5.74) is 1.36. The molecule has 2 rings (SSSR count). The summed E-state index contributed by atoms with van der Waals surface area (Å²) in [5, 5.41) is 19.8. The zero-order chi connectivity index (χ0) is 14.5. The van der Waals surface area contributed by atoms with Gasteiger partial charge in [0.2, 0.25) is 0 Å². The number of benzene rings is 1. The van der Waals surface area contributed by atoms with Gasteiger partial charge in [0.25, 0.3) is 0 Å². The summed E-state index contributed by atoms with van der Waals surface area (Å²) < 4.78 is 0. The van der Waals surface area contributed by atoms with Crippen molar-refractivity contribution >= 4 is 17.2 Å². The Bertz CT molecular complexity index is 573. The molecule has 0 radical (unpaired) electrons. The van der Waals surface area contributed by atoms with Crippen LogP contribution in [0.5, 0.6) is 5.75 Å². The largest absolute Gasteiger partial charge is 0.511 e. The summed E-state index contributed by atoms with van der Waals surface area (Å²) >= 11 is 0. The van der Waals surface area contributed by atoms with Crippen LogP contribution in [0.3, 0.4) is 0 Å². The van der Waals surface area contributed by atoms with E-state index in [-0.39, 0.29) is 17.3 Å². The average molecular weight is 273 g/mol. The van der Waals surface area contributed by atoms with E-state index >= 15 is 0 Å². The SMILES string of the molecule is CCC/C(O)=C1\C(=O)CCCC1=Nc1ccccc1O. The van der Waals surface area contributed by atoms with Gasteiger partial charge in [-0.25, -0.2) is 4.99 Å². The molecule has 2 N–H and O–H groups in total. The van der Waals surface area contributed by atoms with Crippen LogP contribution in [0.2, 0.25) is 0 Å². The molecule has 4 heteroatoms. The highest BCUT2D eigenvalue weighted by Gasteiger charge is 2.25. The number of nitrogens with zero attached hydrogens (tertiary/aromatic N) is 1. The predicted octanol–water partition coefficient (Wildman–Crippen LogP) is 3.83. The quantitative estimate of drug-likeness (QED) is 0.649. The number of carbonyl (C=O) groups excluding carboxylic acids is 1. The molecule has 1 aromatic rings. The van der Waals surface area contributed by atoms with Crippen LogP contribution in [0.15, 0.2) is 40.6 Å². The number of carbonyl (C=O) groups is 1. The Balaban J connectivity index is 2.44. The first kappa shape index (κ1) is 14.3. The molecule has 0 unspecified atom stereocenters. The van der Waals surface area contributed by atoms with Gasteiger partial charge in [-0.15, -0.1) is 0 Å². The second kappa shape index (κ2) is 6.37. The van der Waals surface area contributed by atoms with Crippen LogP contribution in [-0.4, -0.2) is 21.7 Å². The molecule has 0 aliphatic heterocycles. The Morgan fingerprint density at radius 3 is 2.75 bits per heavy atom. The average Bonchev–Trinajstić information content (AvgIpc) is 2.42. The number of aliphatic hydroxyl groups is 1. The second-order valence-electron chi connectivity index (χ2n) is 4.90. The van der Waals surface area contributed by atoms with Crippen LogP contribution in [0, 0.1) is 0 Å². The molecule has 1 fully saturated rings. The lowest BCUT2D eigenvalue weighted by atomic mass is 9.89. The number of hydrogen-bond acceptors (Lipinski definition) is 4. The molecule has 0 bridgehead atoms. The van der Waals surface area contributed by atoms with E-state index in [0.717, 1.165) is 12.8 Å². The summed E-state index contributed by atoms with van der Waals surface area (Å²) in [6.45, 7) is 1.95. The van der Waals surface area contributed by atoms with Gasteiger partial charge < -0.3 is 10.2 Å². The fourth-order valence-electron chi connectivity index (χ4n) is 2.33. The van der Waals surface area contributed by atoms with Gasteiger partial charge in [-0.3, -0.25) is 4.79 Å². The van der Waals surface area contributed by atoms with E-state index < -0.39 is 0 Å². The van der Waals surface area contributed by atoms with Crippen LogP contribution in [-0.2, 0) is 4.79 Å². The van der Waals surface area contributed by atoms with E-state index in [9.17, 15) is 15.0 Å². The minimum Gasteiger partial charge on any atom is -0.511 e. The number of phenols is 1. The van der Waals surface area contributed by atoms with Crippen molar-refractivity contribution in [1.29, 1.82) is 0 Å². The number of para-hydroxylation sites is 2. The summed E-state index contributed by atoms with van der Waals surface area (Å²) in [4.78, 5) is 16.4. The van der Waals surface area contributed by atoms with Gasteiger partial charge in [0.1, 0.15) is 17.2 Å². The van der Waals surface area contributed by atoms with Crippen molar-refractivity contribution in [3.63, 3.8) is 0 Å². The molecule has 0 amide bonds. The molecule has 20 heavy (non-hydrogen) atoms. The highest BCUT2D eigenvalue weighted by Crippen LogP contribution is 2.29. The van der Waals surface area contributed by atoms with Gasteiger partial charge in [-0.05, 0) is 31.4 Å². The van der Waals surface area contributed by atoms with Crippen molar-refractivity contribution in [3.05, 3.63) is 35.6 Å². The molecule has 0 atom stereocenters. The number of Topliss-reactive ketones (excluding diaryl/α,β-unsaturated/α-hetero) is 1. The molecule has 0 aromatic heterocycles. The van der Waals surface area contributed by atoms with Gasteiger partial charge in [0.05, 0.1) is 11.3 Å². The third kappa shape index (κ3) is 3.07. The van der Waals surface area contributed by atoms with Crippen LogP contribution in [0.25, 0.3) is 0 Å². The number of phenolic OH excluding ortho intramolecular Hbond substituents is 1. The predicted molar refractivity (Wildman–Crippen MR) is 78.6 cm³/mol. The maximum atomic E-state index is 12.0. The van der Waals surface area contributed by atoms with Crippen LogP contribution in [0.4, 0.5) is 5.69 Å². The van der Waals surface area contributed by atoms with Gasteiger partial charge in [-0.2, -0.15) is 0 Å². The highest BCUT2D eigenvalue weighted by atomic mass is 16.3. The maximum absolute atomic E-state index is 12.0. The van der Waals surface area contributed by atoms with E-state index in [1.165, 1.54) is 0 Å². The third-order valence-corrected chi connectivity index (χ3v) is 3.30. The lowest BCUT2D eigenvalue weighted by Gasteiger charge is -2.17. The summed E-state index contributed by atoms with van der Waals surface area (Å²) in [6, 6.07) is 6.74. The molecule has 4 nitrogen and oxygen atoms in total. The lowest BCUT2D eigenvalue weighted by Crippen LogP contribution is -2.21. The van der Waals surface area contributed by atoms with Crippen molar-refractivity contribution in [3.8, 4) is 5.75 Å². The van der Waals surface area contributed by atoms with Crippen molar-refractivity contribution in [2.75, 3.05) is 0 Å². The van der Waals surface area contributed by atoms with Crippen molar-refractivity contribution in [2.24, 2.45) is 4.99 Å². The smallest absolute Gasteiger partial charge is 0.168 e. The standard InChI is InChI=1S/C16H19NO3/c1-2-6-14(19)16-12(8-5-10-15(16)20)17-11-7-3-4-9-13(11)18/h3-4,7,9,18-19H,2,5-6,8,10H2,1H3/b16-14+,17-12?. The molecular formula is C16H19NO3. The Morgan fingerprint density at radius 2 is 2.05 bits per heavy atom. The van der Waals surface area contributed by atoms with Crippen LogP contribution in [0.1, 0.15) is 39.0 Å². The monoisotopic (exact) mass is 273 g/mol. The third-order valence-electron chi connectivity index (χ3n) is 3.30. The lowest BCUT2D eigenvalue weighted by molar-refractivity contribution is -0.115. The summed E-state index contributed by atoms with van der Waals surface area (Å²) in [7, 11) is 0. The van der Waals surface area contributed by atoms with Crippen molar-refractivity contribution in [2.45, 2.75) is 39.0 Å². The summed E-state index contributed by atoms with van der Waals surface area (Å²) in [6.07, 6.45) is 3.06. The zero-order valence-electron chi connectivity index (χ0n) is 11.6. The molecule has 1 aromatic carbocycles. The number of ketones is 1. The normalized spacial score (nSPS) is 20.2. The number of rotatable bonds is 3. The molecule has 0 spiro atoms. The first-order valence-electron chi connectivity index (χ1n) is 6.94. The fraction of sp³-hybridized carbons (Fsp3) is 0.375. The van der Waals surface area contributed by atoms with Gasteiger partial charge >= 0.3 is 0 Å². The summed E-state index contributed by atoms with van der Waals surface area (Å²) in [5.74, 6) is 0.134. The number of aliphatic imine (C=N–C) groups is 1. The Kier molecular flexibility index (Phi) is 4.56. The number of aliphatic hydroxyl groups excluding tert-OH is 1. The van der Waals surface area contributed by atoms with Crippen molar-refractivity contribution in [1.82, 2.24) is 0 Å². The topological polar surface area (TPSA) is 69.9 Å². The zero-order valence-corrected chi connectivity index (χ0v) is 11.6. The molecule has 1 aliphatic carbocycles. The molecule has 106 valence electrons. The van der Waals surface area contributed by atoms with Crippen LogP contribution >= 0.6 is 0 Å². The first-order chi connectivity index (χ1) is 9.63. The van der Waals surface area contributed by atoms with E-state index in [0.29, 0.717) is 36.2 Å². The molecule has 0 saturated heterocycles. The first-order valence-corrected chi connectivity index (χ1v) is 6.94. The maximum Gasteiger partial charge on any atom is 0.168 e. The van der Waals surface area contributed by atoms with Crippen LogP contribution < -0.4 is 0 Å². The highest BCUT2D eigenvalue weighted by molar-refractivity contribution is 6.24. The Hall–Kier alpha value is -2.10. The minimum absolute atomic E-state index is 0.0589. The Morgan fingerprint density at radius 1 is 1.30 bits per heavy atom. The molecular weight excluding hydrogens is 254 g/mol. The van der Waals surface area contributed by atoms with E-state index in [1.807, 2.05) is 6.92 Å². The van der Waals surface area contributed by atoms with Gasteiger partial charge in [0.15, 0.2) is 5.78 Å². The van der Waals surface area contributed by atoms with E-state index in [1.54, 1.807) is 24.3 Å². The second-order valence-corrected chi connectivity index (χ2v) is 4.90. The number of aromatic hydroxyl groups is 1. The van der Waals surface area contributed by atoms with Gasteiger partial charge in [0, 0.05) is 12.8 Å². The molecule has 1 aliphatic rings. The molecule has 1 saturated carbocycles. The van der Waals surface area contributed by atoms with E-state index in [2.05, 4.69) is 4.99 Å². The minimum atomic E-state index is -0.0589. The molecule has 0 heterocycles. The van der Waals surface area contributed by atoms with Gasteiger partial charge in [-0.1, -0.05) is 19.1 Å². The fourth-order valence-corrected chi connectivity index (χ4v) is 2.33. The number of hydrogen-bond donors (Lipinski definition) is 2.